The van der Waals surface area contributed by atoms with Gasteiger partial charge < -0.3 is 14.9 Å². The number of carbonyl (C=O) groups excluding carboxylic acids is 1. The normalized spacial score (nSPS) is 10.9. The minimum Gasteiger partial charge on any atom is -0.508 e. The molecule has 0 fully saturated rings. The topological polar surface area (TPSA) is 91.1 Å². The maximum absolute atomic E-state index is 11.8. The Bertz CT molecular complexity index is 794. The van der Waals surface area contributed by atoms with Crippen LogP contribution in [0.1, 0.15) is 11.1 Å². The zero-order chi connectivity index (χ0) is 18.6. The van der Waals surface area contributed by atoms with E-state index in [1.807, 2.05) is 0 Å². The maximum atomic E-state index is 11.8. The van der Waals surface area contributed by atoms with Crippen molar-refractivity contribution < 1.29 is 19.7 Å². The number of ether oxygens (including phenoxy) is 1. The molecule has 6 nitrogen and oxygen atoms in total. The lowest BCUT2D eigenvalue weighted by atomic mass is 10.1. The number of aryl methyl sites for hydroxylation is 1. The van der Waals surface area contributed by atoms with Gasteiger partial charge in [0, 0.05) is 16.1 Å². The molecule has 3 N–H and O–H groups in total. The highest BCUT2D eigenvalue weighted by molar-refractivity contribution is 9.11. The van der Waals surface area contributed by atoms with Gasteiger partial charge in [-0.2, -0.15) is 5.10 Å². The summed E-state index contributed by atoms with van der Waals surface area (Å²) in [5, 5.41) is 22.9. The second-order valence-corrected chi connectivity index (χ2v) is 7.60. The van der Waals surface area contributed by atoms with Gasteiger partial charge in [0.1, 0.15) is 17.2 Å². The third kappa shape index (κ3) is 5.45. The van der Waals surface area contributed by atoms with E-state index < -0.39 is 5.91 Å². The summed E-state index contributed by atoms with van der Waals surface area (Å²) < 4.78 is 7.70. The largest absolute Gasteiger partial charge is 0.508 e. The molecule has 0 spiro atoms. The molecule has 0 aliphatic rings. The van der Waals surface area contributed by atoms with Gasteiger partial charge in [0.05, 0.1) is 15.2 Å². The molecule has 0 unspecified atom stereocenters. The molecule has 0 aliphatic carbocycles. The van der Waals surface area contributed by atoms with Gasteiger partial charge in [0.2, 0.25) is 0 Å². The van der Waals surface area contributed by atoms with E-state index >= 15 is 0 Å². The van der Waals surface area contributed by atoms with E-state index in [1.165, 1.54) is 18.3 Å². The number of phenols is 2. The molecular weight excluding hydrogens is 524 g/mol. The third-order valence-electron chi connectivity index (χ3n) is 3.04. The average molecular weight is 537 g/mol. The fourth-order valence-electron chi connectivity index (χ4n) is 1.93. The number of hydrazone groups is 1. The van der Waals surface area contributed by atoms with Crippen molar-refractivity contribution in [3.05, 3.63) is 48.8 Å². The van der Waals surface area contributed by atoms with Gasteiger partial charge in [-0.25, -0.2) is 5.43 Å². The van der Waals surface area contributed by atoms with Gasteiger partial charge in [-0.1, -0.05) is 15.9 Å². The second-order valence-electron chi connectivity index (χ2n) is 4.98. The van der Waals surface area contributed by atoms with Crippen LogP contribution in [-0.2, 0) is 4.79 Å². The van der Waals surface area contributed by atoms with Crippen molar-refractivity contribution in [2.24, 2.45) is 5.10 Å². The fraction of sp³-hybridized carbons (Fsp3) is 0.125. The van der Waals surface area contributed by atoms with Crippen molar-refractivity contribution in [3.8, 4) is 17.2 Å². The van der Waals surface area contributed by atoms with Crippen molar-refractivity contribution in [1.82, 2.24) is 5.43 Å². The molecule has 0 saturated carbocycles. The number of halogens is 3. The minimum atomic E-state index is -0.464. The van der Waals surface area contributed by atoms with Crippen molar-refractivity contribution in [2.75, 3.05) is 6.61 Å². The number of rotatable bonds is 5. The molecule has 0 atom stereocenters. The number of hydrogen-bond donors (Lipinski definition) is 3. The molecule has 0 radical (unpaired) electrons. The lowest BCUT2D eigenvalue weighted by Crippen LogP contribution is -2.24. The first-order valence-electron chi connectivity index (χ1n) is 6.89. The number of nitrogens with zero attached hydrogens (tertiary/aromatic N) is 1. The number of benzene rings is 2. The van der Waals surface area contributed by atoms with E-state index in [4.69, 9.17) is 4.74 Å². The van der Waals surface area contributed by atoms with E-state index in [-0.39, 0.29) is 18.1 Å². The molecule has 0 heterocycles. The summed E-state index contributed by atoms with van der Waals surface area (Å²) in [5.41, 5.74) is 3.33. The molecule has 0 aliphatic heterocycles. The summed E-state index contributed by atoms with van der Waals surface area (Å²) in [6, 6.07) is 6.27. The van der Waals surface area contributed by atoms with Crippen LogP contribution in [0.15, 0.2) is 42.8 Å². The van der Waals surface area contributed by atoms with Crippen LogP contribution < -0.4 is 10.2 Å². The van der Waals surface area contributed by atoms with Crippen LogP contribution in [-0.4, -0.2) is 28.9 Å². The second kappa shape index (κ2) is 8.68. The molecule has 1 amide bonds. The average Bonchev–Trinajstić information content (AvgIpc) is 2.48. The van der Waals surface area contributed by atoms with Crippen molar-refractivity contribution in [3.63, 3.8) is 0 Å². The lowest BCUT2D eigenvalue weighted by molar-refractivity contribution is -0.123. The molecular formula is C16H13Br3N2O4. The smallest absolute Gasteiger partial charge is 0.277 e. The Hall–Kier alpha value is -1.58. The van der Waals surface area contributed by atoms with E-state index in [0.29, 0.717) is 25.8 Å². The zero-order valence-corrected chi connectivity index (χ0v) is 17.6. The summed E-state index contributed by atoms with van der Waals surface area (Å²) in [6.07, 6.45) is 1.30. The van der Waals surface area contributed by atoms with Crippen LogP contribution in [0.3, 0.4) is 0 Å². The molecule has 25 heavy (non-hydrogen) atoms. The first-order valence-corrected chi connectivity index (χ1v) is 9.27. The Balaban J connectivity index is 1.96. The van der Waals surface area contributed by atoms with E-state index in [2.05, 4.69) is 58.3 Å². The van der Waals surface area contributed by atoms with Crippen molar-refractivity contribution >= 4 is 59.9 Å². The van der Waals surface area contributed by atoms with E-state index in [9.17, 15) is 15.0 Å². The summed E-state index contributed by atoms with van der Waals surface area (Å²) in [7, 11) is 0. The molecule has 2 aromatic carbocycles. The van der Waals surface area contributed by atoms with Crippen molar-refractivity contribution in [1.29, 1.82) is 0 Å². The number of aromatic hydroxyl groups is 2. The SMILES string of the molecule is Cc1cc(O)cc(O)c1/C=N\NC(=O)COc1c(Br)cc(Br)cc1Br. The Morgan fingerprint density at radius 2 is 1.84 bits per heavy atom. The third-order valence-corrected chi connectivity index (χ3v) is 4.68. The molecule has 0 bridgehead atoms. The monoisotopic (exact) mass is 534 g/mol. The Morgan fingerprint density at radius 3 is 2.44 bits per heavy atom. The predicted octanol–water partition coefficient (Wildman–Crippen LogP) is 4.22. The van der Waals surface area contributed by atoms with Gasteiger partial charge >= 0.3 is 0 Å². The van der Waals surface area contributed by atoms with E-state index in [1.54, 1.807) is 19.1 Å². The first-order chi connectivity index (χ1) is 11.8. The summed E-state index contributed by atoms with van der Waals surface area (Å²) in [6.45, 7) is 1.46. The van der Waals surface area contributed by atoms with Crippen LogP contribution in [0.2, 0.25) is 0 Å². The van der Waals surface area contributed by atoms with Gasteiger partial charge in [-0.15, -0.1) is 0 Å². The zero-order valence-electron chi connectivity index (χ0n) is 12.9. The Labute approximate surface area is 169 Å². The highest BCUT2D eigenvalue weighted by Gasteiger charge is 2.10. The van der Waals surface area contributed by atoms with Crippen LogP contribution >= 0.6 is 47.8 Å². The fourth-order valence-corrected chi connectivity index (χ4v) is 4.42. The highest BCUT2D eigenvalue weighted by Crippen LogP contribution is 2.36. The van der Waals surface area contributed by atoms with Crippen LogP contribution in [0.4, 0.5) is 0 Å². The maximum Gasteiger partial charge on any atom is 0.277 e. The highest BCUT2D eigenvalue weighted by atomic mass is 79.9. The van der Waals surface area contributed by atoms with Crippen molar-refractivity contribution in [2.45, 2.75) is 6.92 Å². The van der Waals surface area contributed by atoms with Gasteiger partial charge in [0.15, 0.2) is 6.61 Å². The molecule has 132 valence electrons. The molecule has 0 saturated heterocycles. The Kier molecular flexibility index (Phi) is 6.86. The quantitative estimate of drug-likeness (QED) is 0.394. The standard InChI is InChI=1S/C16H13Br3N2O4/c1-8-2-10(22)5-14(23)11(8)6-20-21-15(24)7-25-16-12(18)3-9(17)4-13(16)19/h2-6,22-23H,7H2,1H3,(H,21,24)/b20-6-. The van der Waals surface area contributed by atoms with E-state index in [0.717, 1.165) is 4.47 Å². The predicted molar refractivity (Wildman–Crippen MR) is 105 cm³/mol. The van der Waals surface area contributed by atoms with Crippen LogP contribution in [0.5, 0.6) is 17.2 Å². The van der Waals surface area contributed by atoms with Gasteiger partial charge in [0.25, 0.3) is 5.91 Å². The molecule has 9 heteroatoms. The number of amides is 1. The molecule has 2 rings (SSSR count). The number of nitrogens with one attached hydrogen (secondary N) is 1. The summed E-state index contributed by atoms with van der Waals surface area (Å²) in [5.74, 6) is -0.145. The Morgan fingerprint density at radius 1 is 1.20 bits per heavy atom. The molecule has 2 aromatic rings. The first kappa shape index (κ1) is 19.7. The van der Waals surface area contributed by atoms with Crippen LogP contribution in [0.25, 0.3) is 0 Å². The number of carbonyl (C=O) groups is 1. The lowest BCUT2D eigenvalue weighted by Gasteiger charge is -2.10. The van der Waals surface area contributed by atoms with Gasteiger partial charge in [-0.3, -0.25) is 4.79 Å². The number of phenolic OH excluding ortho intramolecular Hbond substituents is 2. The number of hydrogen-bond acceptors (Lipinski definition) is 5. The summed E-state index contributed by atoms with van der Waals surface area (Å²) in [4.78, 5) is 11.8. The minimum absolute atomic E-state index is 0.0461. The van der Waals surface area contributed by atoms with Gasteiger partial charge in [-0.05, 0) is 62.5 Å². The van der Waals surface area contributed by atoms with Crippen LogP contribution in [0, 0.1) is 6.92 Å². The molecule has 0 aromatic heterocycles. The summed E-state index contributed by atoms with van der Waals surface area (Å²) >= 11 is 10.1.